The van der Waals surface area contributed by atoms with Crippen molar-refractivity contribution in [3.05, 3.63) is 0 Å². The van der Waals surface area contributed by atoms with Crippen LogP contribution in [0.25, 0.3) is 0 Å². The van der Waals surface area contributed by atoms with E-state index in [1.807, 2.05) is 14.0 Å². The maximum Gasteiger partial charge on any atom is 0.0814 e. The second kappa shape index (κ2) is 5.76. The molecule has 0 aromatic carbocycles. The van der Waals surface area contributed by atoms with Crippen molar-refractivity contribution in [2.75, 3.05) is 13.6 Å². The van der Waals surface area contributed by atoms with Crippen molar-refractivity contribution < 1.29 is 0 Å². The Morgan fingerprint density at radius 1 is 1.71 bits per heavy atom. The van der Waals surface area contributed by atoms with Crippen LogP contribution in [0.15, 0.2) is 0 Å². The van der Waals surface area contributed by atoms with Gasteiger partial charge in [-0.05, 0) is 6.92 Å². The van der Waals surface area contributed by atoms with Gasteiger partial charge in [-0.15, -0.1) is 12.4 Å². The smallest absolute Gasteiger partial charge is 0.0814 e. The SMILES string of the molecule is CCN(C)C=N.Cl. The molecule has 0 saturated carbocycles. The Kier molecular flexibility index (Phi) is 8.15. The summed E-state index contributed by atoms with van der Waals surface area (Å²) in [5, 5.41) is 6.61. The Balaban J connectivity index is 0. The van der Waals surface area contributed by atoms with Crippen LogP contribution in [-0.2, 0) is 0 Å². The van der Waals surface area contributed by atoms with E-state index in [9.17, 15) is 0 Å². The van der Waals surface area contributed by atoms with Gasteiger partial charge in [0, 0.05) is 13.6 Å². The summed E-state index contributed by atoms with van der Waals surface area (Å²) < 4.78 is 0. The van der Waals surface area contributed by atoms with Crippen LogP contribution in [0.3, 0.4) is 0 Å². The Morgan fingerprint density at radius 3 is 2.14 bits per heavy atom. The standard InChI is InChI=1S/C4H10N2.ClH/c1-3-6(2)4-5;/h4-5H,3H2,1-2H3;1H. The number of hydrogen-bond acceptors (Lipinski definition) is 1. The minimum atomic E-state index is 0. The summed E-state index contributed by atoms with van der Waals surface area (Å²) in [5.41, 5.74) is 0. The van der Waals surface area contributed by atoms with Crippen LogP contribution >= 0.6 is 12.4 Å². The zero-order valence-electron chi connectivity index (χ0n) is 4.64. The van der Waals surface area contributed by atoms with Crippen LogP contribution in [0.4, 0.5) is 0 Å². The zero-order chi connectivity index (χ0) is 4.99. The first-order valence-corrected chi connectivity index (χ1v) is 2.02. The third-order valence-corrected chi connectivity index (χ3v) is 0.719. The van der Waals surface area contributed by atoms with E-state index in [-0.39, 0.29) is 12.4 Å². The van der Waals surface area contributed by atoms with Crippen LogP contribution in [0, 0.1) is 5.41 Å². The van der Waals surface area contributed by atoms with Gasteiger partial charge in [-0.25, -0.2) is 0 Å². The van der Waals surface area contributed by atoms with Gasteiger partial charge in [-0.3, -0.25) is 5.41 Å². The molecular formula is C4H11ClN2. The number of hydrogen-bond donors (Lipinski definition) is 1. The highest BCUT2D eigenvalue weighted by molar-refractivity contribution is 5.85. The van der Waals surface area contributed by atoms with Gasteiger partial charge < -0.3 is 4.90 Å². The first-order valence-electron chi connectivity index (χ1n) is 2.02. The molecule has 7 heavy (non-hydrogen) atoms. The molecular weight excluding hydrogens is 112 g/mol. The van der Waals surface area contributed by atoms with Gasteiger partial charge in [0.2, 0.25) is 0 Å². The monoisotopic (exact) mass is 122 g/mol. The highest BCUT2D eigenvalue weighted by Gasteiger charge is 1.76. The molecule has 0 atom stereocenters. The molecule has 0 aliphatic rings. The number of nitrogens with zero attached hydrogens (tertiary/aromatic N) is 1. The lowest BCUT2D eigenvalue weighted by molar-refractivity contribution is 0.549. The molecule has 0 bridgehead atoms. The topological polar surface area (TPSA) is 27.1 Å². The van der Waals surface area contributed by atoms with Gasteiger partial charge in [-0.1, -0.05) is 0 Å². The number of nitrogens with one attached hydrogen (secondary N) is 1. The fraction of sp³-hybridized carbons (Fsp3) is 0.750. The number of rotatable bonds is 2. The first kappa shape index (κ1) is 9.90. The maximum absolute atomic E-state index is 6.61. The fourth-order valence-electron chi connectivity index (χ4n) is 0.0913. The van der Waals surface area contributed by atoms with Crippen molar-refractivity contribution >= 4 is 18.7 Å². The third-order valence-electron chi connectivity index (χ3n) is 0.719. The van der Waals surface area contributed by atoms with E-state index in [0.717, 1.165) is 6.54 Å². The highest BCUT2D eigenvalue weighted by Crippen LogP contribution is 1.66. The molecule has 0 heterocycles. The summed E-state index contributed by atoms with van der Waals surface area (Å²) in [6.45, 7) is 2.93. The molecule has 0 spiro atoms. The first-order chi connectivity index (χ1) is 2.81. The normalized spacial score (nSPS) is 6.57. The van der Waals surface area contributed by atoms with Gasteiger partial charge in [0.15, 0.2) is 0 Å². The van der Waals surface area contributed by atoms with Crippen molar-refractivity contribution in [1.29, 1.82) is 5.41 Å². The van der Waals surface area contributed by atoms with Crippen LogP contribution in [0.1, 0.15) is 6.92 Å². The lowest BCUT2D eigenvalue weighted by Gasteiger charge is -2.04. The minimum absolute atomic E-state index is 0. The fourth-order valence-corrected chi connectivity index (χ4v) is 0.0913. The van der Waals surface area contributed by atoms with E-state index in [1.165, 1.54) is 6.34 Å². The minimum Gasteiger partial charge on any atom is -0.366 e. The van der Waals surface area contributed by atoms with Crippen LogP contribution < -0.4 is 0 Å². The van der Waals surface area contributed by atoms with E-state index < -0.39 is 0 Å². The Bertz CT molecular complexity index is 47.0. The summed E-state index contributed by atoms with van der Waals surface area (Å²) in [5.74, 6) is 0. The van der Waals surface area contributed by atoms with E-state index >= 15 is 0 Å². The molecule has 3 heteroatoms. The molecule has 0 rings (SSSR count). The van der Waals surface area contributed by atoms with Crippen molar-refractivity contribution in [1.82, 2.24) is 4.90 Å². The summed E-state index contributed by atoms with van der Waals surface area (Å²) in [6.07, 6.45) is 1.31. The predicted octanol–water partition coefficient (Wildman–Crippen LogP) is 0.967. The van der Waals surface area contributed by atoms with Gasteiger partial charge in [-0.2, -0.15) is 0 Å². The van der Waals surface area contributed by atoms with Gasteiger partial charge in [0.05, 0.1) is 6.34 Å². The second-order valence-electron chi connectivity index (χ2n) is 1.20. The van der Waals surface area contributed by atoms with Crippen molar-refractivity contribution in [3.63, 3.8) is 0 Å². The zero-order valence-corrected chi connectivity index (χ0v) is 5.46. The largest absolute Gasteiger partial charge is 0.366 e. The molecule has 0 saturated heterocycles. The average Bonchev–Trinajstić information content (AvgIpc) is 1.65. The molecule has 0 fully saturated rings. The lowest BCUT2D eigenvalue weighted by Crippen LogP contribution is -2.13. The third kappa shape index (κ3) is 5.76. The summed E-state index contributed by atoms with van der Waals surface area (Å²) >= 11 is 0. The van der Waals surface area contributed by atoms with Crippen molar-refractivity contribution in [2.45, 2.75) is 6.92 Å². The number of halogens is 1. The molecule has 44 valence electrons. The second-order valence-corrected chi connectivity index (χ2v) is 1.20. The highest BCUT2D eigenvalue weighted by atomic mass is 35.5. The lowest BCUT2D eigenvalue weighted by atomic mass is 10.7. The molecule has 2 nitrogen and oxygen atoms in total. The van der Waals surface area contributed by atoms with E-state index in [4.69, 9.17) is 5.41 Å². The van der Waals surface area contributed by atoms with Crippen molar-refractivity contribution in [3.8, 4) is 0 Å². The summed E-state index contributed by atoms with van der Waals surface area (Å²) in [6, 6.07) is 0. The maximum atomic E-state index is 6.61. The molecule has 0 amide bonds. The Labute approximate surface area is 50.4 Å². The molecule has 1 N–H and O–H groups in total. The van der Waals surface area contributed by atoms with E-state index in [2.05, 4.69) is 0 Å². The quantitative estimate of drug-likeness (QED) is 0.429. The summed E-state index contributed by atoms with van der Waals surface area (Å²) in [7, 11) is 1.87. The summed E-state index contributed by atoms with van der Waals surface area (Å²) in [4.78, 5) is 1.79. The Morgan fingerprint density at radius 2 is 2.14 bits per heavy atom. The molecule has 0 unspecified atom stereocenters. The van der Waals surface area contributed by atoms with Crippen LogP contribution in [0.5, 0.6) is 0 Å². The van der Waals surface area contributed by atoms with Gasteiger partial charge in [0.1, 0.15) is 0 Å². The molecule has 0 aliphatic heterocycles. The van der Waals surface area contributed by atoms with Crippen LogP contribution in [-0.4, -0.2) is 24.8 Å². The average molecular weight is 123 g/mol. The van der Waals surface area contributed by atoms with Crippen molar-refractivity contribution in [2.24, 2.45) is 0 Å². The molecule has 0 radical (unpaired) electrons. The Hall–Kier alpha value is -0.240. The molecule has 0 aromatic rings. The van der Waals surface area contributed by atoms with E-state index in [1.54, 1.807) is 4.90 Å². The van der Waals surface area contributed by atoms with Gasteiger partial charge in [0.25, 0.3) is 0 Å². The molecule has 0 aromatic heterocycles. The van der Waals surface area contributed by atoms with Crippen LogP contribution in [0.2, 0.25) is 0 Å². The van der Waals surface area contributed by atoms with E-state index in [0.29, 0.717) is 0 Å². The van der Waals surface area contributed by atoms with Gasteiger partial charge >= 0.3 is 0 Å². The predicted molar refractivity (Wildman–Crippen MR) is 34.3 cm³/mol. The molecule has 0 aliphatic carbocycles.